The third kappa shape index (κ3) is 5.08. The molecule has 0 saturated carbocycles. The van der Waals surface area contributed by atoms with E-state index in [-0.39, 0.29) is 19.3 Å². The van der Waals surface area contributed by atoms with E-state index in [2.05, 4.69) is 41.5 Å². The standard InChI is InChI=1S/C30H31N3O5/c1-4-33(5-2)17-19-7-11-22(12-8-19)31-28(20-10-14-25-26(16-20)38-18-37-25)27-23-13-9-21(30(35)36-6-3)15-24(23)32-29(27)34/h7-16,31H,4-6,17-18H2,1-3H3,(H,32,34)/b28-27-. The second-order valence-electron chi connectivity index (χ2n) is 9.04. The Hall–Kier alpha value is -4.30. The maximum Gasteiger partial charge on any atom is 0.338 e. The van der Waals surface area contributed by atoms with Crippen LogP contribution in [0.4, 0.5) is 11.4 Å². The first-order chi connectivity index (χ1) is 18.5. The Labute approximate surface area is 222 Å². The van der Waals surface area contributed by atoms with Crippen molar-refractivity contribution in [1.29, 1.82) is 0 Å². The Morgan fingerprint density at radius 3 is 2.42 bits per heavy atom. The topological polar surface area (TPSA) is 89.1 Å². The highest BCUT2D eigenvalue weighted by Crippen LogP contribution is 2.41. The summed E-state index contributed by atoms with van der Waals surface area (Å²) in [6.07, 6.45) is 0. The van der Waals surface area contributed by atoms with Gasteiger partial charge in [0.25, 0.3) is 5.91 Å². The third-order valence-corrected chi connectivity index (χ3v) is 6.71. The molecule has 2 aliphatic rings. The van der Waals surface area contributed by atoms with Crippen molar-refractivity contribution < 1.29 is 23.8 Å². The molecule has 196 valence electrons. The first kappa shape index (κ1) is 25.4. The molecule has 1 amide bonds. The van der Waals surface area contributed by atoms with Crippen molar-refractivity contribution >= 4 is 34.5 Å². The fourth-order valence-electron chi connectivity index (χ4n) is 4.64. The number of hydrogen-bond donors (Lipinski definition) is 2. The van der Waals surface area contributed by atoms with Crippen molar-refractivity contribution in [2.24, 2.45) is 0 Å². The van der Waals surface area contributed by atoms with Gasteiger partial charge < -0.3 is 24.8 Å². The van der Waals surface area contributed by atoms with Gasteiger partial charge in [0, 0.05) is 23.4 Å². The fraction of sp³-hybridized carbons (Fsp3) is 0.267. The molecule has 2 N–H and O–H groups in total. The normalized spacial score (nSPS) is 14.8. The highest BCUT2D eigenvalue weighted by atomic mass is 16.7. The van der Waals surface area contributed by atoms with Crippen LogP contribution in [0.25, 0.3) is 11.3 Å². The number of rotatable bonds is 9. The van der Waals surface area contributed by atoms with Crippen LogP contribution in [-0.4, -0.2) is 43.3 Å². The zero-order chi connectivity index (χ0) is 26.6. The number of ether oxygens (including phenoxy) is 3. The largest absolute Gasteiger partial charge is 0.462 e. The summed E-state index contributed by atoms with van der Waals surface area (Å²) in [4.78, 5) is 27.9. The van der Waals surface area contributed by atoms with Gasteiger partial charge in [0.1, 0.15) is 0 Å². The molecule has 8 nitrogen and oxygen atoms in total. The first-order valence-electron chi connectivity index (χ1n) is 12.9. The molecular formula is C30H31N3O5. The summed E-state index contributed by atoms with van der Waals surface area (Å²) in [5, 5.41) is 6.39. The van der Waals surface area contributed by atoms with Crippen molar-refractivity contribution in [2.75, 3.05) is 37.1 Å². The summed E-state index contributed by atoms with van der Waals surface area (Å²) in [5.41, 5.74) is 5.57. The Morgan fingerprint density at radius 2 is 1.68 bits per heavy atom. The number of anilines is 2. The van der Waals surface area contributed by atoms with Crippen molar-refractivity contribution in [3.63, 3.8) is 0 Å². The summed E-state index contributed by atoms with van der Waals surface area (Å²) in [5.74, 6) is 0.586. The number of benzene rings is 3. The molecule has 0 radical (unpaired) electrons. The van der Waals surface area contributed by atoms with Crippen LogP contribution < -0.4 is 20.1 Å². The van der Waals surface area contributed by atoms with Gasteiger partial charge in [0.15, 0.2) is 11.5 Å². The molecule has 2 heterocycles. The van der Waals surface area contributed by atoms with Gasteiger partial charge in [-0.05, 0) is 68.0 Å². The number of esters is 1. The van der Waals surface area contributed by atoms with Gasteiger partial charge in [-0.3, -0.25) is 9.69 Å². The van der Waals surface area contributed by atoms with Gasteiger partial charge in [-0.2, -0.15) is 0 Å². The number of nitrogens with one attached hydrogen (secondary N) is 2. The average molecular weight is 514 g/mol. The van der Waals surface area contributed by atoms with E-state index >= 15 is 0 Å². The van der Waals surface area contributed by atoms with Crippen LogP contribution in [0.5, 0.6) is 11.5 Å². The predicted molar refractivity (Wildman–Crippen MR) is 147 cm³/mol. The molecule has 0 spiro atoms. The van der Waals surface area contributed by atoms with Gasteiger partial charge >= 0.3 is 5.97 Å². The molecule has 3 aromatic rings. The van der Waals surface area contributed by atoms with Crippen LogP contribution in [0, 0.1) is 0 Å². The number of hydrogen-bond acceptors (Lipinski definition) is 7. The monoisotopic (exact) mass is 513 g/mol. The second-order valence-corrected chi connectivity index (χ2v) is 9.04. The quantitative estimate of drug-likeness (QED) is 0.294. The average Bonchev–Trinajstić information content (AvgIpc) is 3.53. The van der Waals surface area contributed by atoms with Crippen LogP contribution in [0.15, 0.2) is 60.7 Å². The van der Waals surface area contributed by atoms with Crippen LogP contribution in [0.1, 0.15) is 47.8 Å². The summed E-state index contributed by atoms with van der Waals surface area (Å²) < 4.78 is 16.2. The lowest BCUT2D eigenvalue weighted by molar-refractivity contribution is -0.110. The van der Waals surface area contributed by atoms with Gasteiger partial charge in [-0.1, -0.05) is 32.0 Å². The minimum Gasteiger partial charge on any atom is -0.462 e. The lowest BCUT2D eigenvalue weighted by Gasteiger charge is -2.19. The van der Waals surface area contributed by atoms with E-state index in [0.717, 1.165) is 30.9 Å². The lowest BCUT2D eigenvalue weighted by atomic mass is 9.98. The Balaban J connectivity index is 1.55. The predicted octanol–water partition coefficient (Wildman–Crippen LogP) is 5.37. The minimum atomic E-state index is -0.430. The molecule has 0 atom stereocenters. The highest BCUT2D eigenvalue weighted by molar-refractivity contribution is 6.37. The van der Waals surface area contributed by atoms with E-state index in [1.807, 2.05) is 30.3 Å². The Bertz CT molecular complexity index is 1390. The Kier molecular flexibility index (Phi) is 7.33. The Morgan fingerprint density at radius 1 is 0.947 bits per heavy atom. The minimum absolute atomic E-state index is 0.159. The fourth-order valence-corrected chi connectivity index (χ4v) is 4.64. The van der Waals surface area contributed by atoms with Crippen molar-refractivity contribution in [3.8, 4) is 11.5 Å². The maximum absolute atomic E-state index is 13.3. The first-order valence-corrected chi connectivity index (χ1v) is 12.9. The maximum atomic E-state index is 13.3. The molecule has 3 aromatic carbocycles. The van der Waals surface area contributed by atoms with Gasteiger partial charge in [0.05, 0.1) is 29.1 Å². The second kappa shape index (κ2) is 11.0. The van der Waals surface area contributed by atoms with Gasteiger partial charge in [-0.25, -0.2) is 4.79 Å². The summed E-state index contributed by atoms with van der Waals surface area (Å²) >= 11 is 0. The lowest BCUT2D eigenvalue weighted by Crippen LogP contribution is -2.22. The number of fused-ring (bicyclic) bond motifs is 2. The molecular weight excluding hydrogens is 482 g/mol. The molecule has 0 aliphatic carbocycles. The SMILES string of the molecule is CCOC(=O)c1ccc2c(c1)NC(=O)/C2=C(\Nc1ccc(CN(CC)CC)cc1)c1ccc2c(c1)OCO2. The number of nitrogens with zero attached hydrogens (tertiary/aromatic N) is 1. The third-order valence-electron chi connectivity index (χ3n) is 6.71. The molecule has 2 aliphatic heterocycles. The molecule has 0 fully saturated rings. The van der Waals surface area contributed by atoms with Gasteiger partial charge in [0.2, 0.25) is 6.79 Å². The smallest absolute Gasteiger partial charge is 0.338 e. The van der Waals surface area contributed by atoms with E-state index in [1.54, 1.807) is 25.1 Å². The number of carbonyl (C=O) groups is 2. The van der Waals surface area contributed by atoms with Crippen LogP contribution in [0.2, 0.25) is 0 Å². The molecule has 0 saturated heterocycles. The van der Waals surface area contributed by atoms with E-state index in [1.165, 1.54) is 5.56 Å². The van der Waals surface area contributed by atoms with E-state index < -0.39 is 5.97 Å². The zero-order valence-electron chi connectivity index (χ0n) is 21.8. The van der Waals surface area contributed by atoms with Gasteiger partial charge in [-0.15, -0.1) is 0 Å². The molecule has 38 heavy (non-hydrogen) atoms. The number of carbonyl (C=O) groups excluding carboxylic acids is 2. The van der Waals surface area contributed by atoms with E-state index in [9.17, 15) is 9.59 Å². The van der Waals surface area contributed by atoms with E-state index in [0.29, 0.717) is 39.6 Å². The van der Waals surface area contributed by atoms with Crippen molar-refractivity contribution in [3.05, 3.63) is 82.9 Å². The summed E-state index contributed by atoms with van der Waals surface area (Å²) in [6.45, 7) is 9.36. The molecule has 8 heteroatoms. The number of amides is 1. The zero-order valence-corrected chi connectivity index (χ0v) is 21.8. The van der Waals surface area contributed by atoms with Crippen LogP contribution >= 0.6 is 0 Å². The van der Waals surface area contributed by atoms with E-state index in [4.69, 9.17) is 14.2 Å². The van der Waals surface area contributed by atoms with Crippen molar-refractivity contribution in [2.45, 2.75) is 27.3 Å². The molecule has 0 unspecified atom stereocenters. The van der Waals surface area contributed by atoms with Crippen LogP contribution in [0.3, 0.4) is 0 Å². The van der Waals surface area contributed by atoms with Crippen molar-refractivity contribution in [1.82, 2.24) is 4.90 Å². The summed E-state index contributed by atoms with van der Waals surface area (Å²) in [7, 11) is 0. The van der Waals surface area contributed by atoms with Crippen LogP contribution in [-0.2, 0) is 16.1 Å². The summed E-state index contributed by atoms with van der Waals surface area (Å²) in [6, 6.07) is 18.9. The molecule has 5 rings (SSSR count). The molecule has 0 bridgehead atoms. The molecule has 0 aromatic heterocycles. The highest BCUT2D eigenvalue weighted by Gasteiger charge is 2.30.